The molecule has 94 valence electrons. The van der Waals surface area contributed by atoms with Gasteiger partial charge in [0, 0.05) is 5.56 Å². The molecule has 0 amide bonds. The zero-order valence-electron chi connectivity index (χ0n) is 10.2. The summed E-state index contributed by atoms with van der Waals surface area (Å²) in [7, 11) is 1.58. The third kappa shape index (κ3) is 2.24. The molecule has 3 nitrogen and oxygen atoms in total. The van der Waals surface area contributed by atoms with Crippen molar-refractivity contribution < 1.29 is 14.6 Å². The van der Waals surface area contributed by atoms with Crippen molar-refractivity contribution in [1.82, 2.24) is 0 Å². The van der Waals surface area contributed by atoms with E-state index < -0.39 is 11.9 Å². The predicted molar refractivity (Wildman–Crippen MR) is 72.4 cm³/mol. The van der Waals surface area contributed by atoms with Crippen LogP contribution >= 0.6 is 11.3 Å². The molecule has 1 heterocycles. The van der Waals surface area contributed by atoms with Gasteiger partial charge in [0.2, 0.25) is 0 Å². The van der Waals surface area contributed by atoms with Crippen LogP contribution in [0.4, 0.5) is 0 Å². The van der Waals surface area contributed by atoms with Crippen LogP contribution in [0.25, 0.3) is 10.4 Å². The van der Waals surface area contributed by atoms with E-state index in [1.54, 1.807) is 14.0 Å². The largest absolute Gasteiger partial charge is 0.495 e. The molecule has 0 saturated heterocycles. The number of methoxy groups -OCH3 is 1. The van der Waals surface area contributed by atoms with Gasteiger partial charge in [0.25, 0.3) is 0 Å². The molecule has 0 bridgehead atoms. The molecule has 0 aliphatic carbocycles. The molecule has 1 unspecified atom stereocenters. The average Bonchev–Trinajstić information content (AvgIpc) is 2.82. The highest BCUT2D eigenvalue weighted by atomic mass is 32.1. The number of carboxylic acid groups (broad SMARTS) is 1. The van der Waals surface area contributed by atoms with E-state index in [2.05, 4.69) is 0 Å². The fourth-order valence-corrected chi connectivity index (χ4v) is 2.93. The maximum Gasteiger partial charge on any atom is 0.310 e. The topological polar surface area (TPSA) is 46.5 Å². The van der Waals surface area contributed by atoms with Gasteiger partial charge >= 0.3 is 5.97 Å². The molecule has 0 saturated carbocycles. The smallest absolute Gasteiger partial charge is 0.310 e. The summed E-state index contributed by atoms with van der Waals surface area (Å²) in [5.74, 6) is -0.736. The number of hydrogen-bond acceptors (Lipinski definition) is 3. The van der Waals surface area contributed by atoms with Crippen LogP contribution in [-0.2, 0) is 4.79 Å². The Morgan fingerprint density at radius 2 is 2.00 bits per heavy atom. The quantitative estimate of drug-likeness (QED) is 0.915. The number of benzene rings is 1. The highest BCUT2D eigenvalue weighted by Gasteiger charge is 2.22. The molecule has 2 aromatic rings. The van der Waals surface area contributed by atoms with Crippen molar-refractivity contribution in [2.45, 2.75) is 12.8 Å². The number of aliphatic carboxylic acids is 1. The first-order valence-electron chi connectivity index (χ1n) is 5.58. The highest BCUT2D eigenvalue weighted by molar-refractivity contribution is 7.14. The molecule has 1 N–H and O–H groups in total. The molecule has 0 aliphatic rings. The zero-order valence-corrected chi connectivity index (χ0v) is 11.0. The van der Waals surface area contributed by atoms with E-state index in [-0.39, 0.29) is 0 Å². The number of carbonyl (C=O) groups is 1. The van der Waals surface area contributed by atoms with Gasteiger partial charge in [-0.1, -0.05) is 30.3 Å². The van der Waals surface area contributed by atoms with Gasteiger partial charge in [0.1, 0.15) is 5.75 Å². The molecular formula is C14H14O3S. The van der Waals surface area contributed by atoms with Gasteiger partial charge in [-0.2, -0.15) is 0 Å². The van der Waals surface area contributed by atoms with Crippen molar-refractivity contribution in [3.05, 3.63) is 41.3 Å². The summed E-state index contributed by atoms with van der Waals surface area (Å²) in [5.41, 5.74) is 1.78. The predicted octanol–water partition coefficient (Wildman–Crippen LogP) is 3.61. The maximum absolute atomic E-state index is 11.1. The van der Waals surface area contributed by atoms with Crippen LogP contribution in [0.15, 0.2) is 35.7 Å². The summed E-state index contributed by atoms with van der Waals surface area (Å²) in [6.07, 6.45) is 0. The van der Waals surface area contributed by atoms with Crippen molar-refractivity contribution in [3.8, 4) is 16.2 Å². The van der Waals surface area contributed by atoms with Crippen LogP contribution in [0.3, 0.4) is 0 Å². The lowest BCUT2D eigenvalue weighted by atomic mass is 10.0. The SMILES string of the molecule is COc1c(C(C)C(=O)O)csc1-c1ccccc1. The van der Waals surface area contributed by atoms with Gasteiger partial charge in [-0.3, -0.25) is 4.79 Å². The second kappa shape index (κ2) is 5.23. The number of carboxylic acids is 1. The molecule has 0 radical (unpaired) electrons. The van der Waals surface area contributed by atoms with E-state index in [0.29, 0.717) is 5.75 Å². The van der Waals surface area contributed by atoms with Crippen LogP contribution in [0.1, 0.15) is 18.4 Å². The molecule has 1 atom stereocenters. The fourth-order valence-electron chi connectivity index (χ4n) is 1.79. The number of rotatable bonds is 4. The molecule has 18 heavy (non-hydrogen) atoms. The van der Waals surface area contributed by atoms with Crippen LogP contribution in [-0.4, -0.2) is 18.2 Å². The van der Waals surface area contributed by atoms with Crippen molar-refractivity contribution in [1.29, 1.82) is 0 Å². The van der Waals surface area contributed by atoms with Gasteiger partial charge in [-0.25, -0.2) is 0 Å². The lowest BCUT2D eigenvalue weighted by Gasteiger charge is -2.09. The van der Waals surface area contributed by atoms with Crippen LogP contribution < -0.4 is 4.74 Å². The molecule has 4 heteroatoms. The second-order valence-electron chi connectivity index (χ2n) is 3.98. The second-order valence-corrected chi connectivity index (χ2v) is 4.86. The first-order chi connectivity index (χ1) is 8.65. The highest BCUT2D eigenvalue weighted by Crippen LogP contribution is 2.42. The van der Waals surface area contributed by atoms with E-state index in [0.717, 1.165) is 16.0 Å². The van der Waals surface area contributed by atoms with E-state index >= 15 is 0 Å². The van der Waals surface area contributed by atoms with Crippen molar-refractivity contribution in [2.24, 2.45) is 0 Å². The first-order valence-corrected chi connectivity index (χ1v) is 6.46. The Labute approximate surface area is 110 Å². The summed E-state index contributed by atoms with van der Waals surface area (Å²) in [4.78, 5) is 12.0. The van der Waals surface area contributed by atoms with Crippen molar-refractivity contribution in [2.75, 3.05) is 7.11 Å². The Morgan fingerprint density at radius 1 is 1.33 bits per heavy atom. The third-order valence-electron chi connectivity index (χ3n) is 2.85. The van der Waals surface area contributed by atoms with E-state index in [9.17, 15) is 4.79 Å². The van der Waals surface area contributed by atoms with Crippen molar-refractivity contribution >= 4 is 17.3 Å². The minimum Gasteiger partial charge on any atom is -0.495 e. The fraction of sp³-hybridized carbons (Fsp3) is 0.214. The summed E-state index contributed by atoms with van der Waals surface area (Å²) >= 11 is 1.51. The van der Waals surface area contributed by atoms with E-state index in [1.165, 1.54) is 11.3 Å². The number of ether oxygens (including phenoxy) is 1. The third-order valence-corrected chi connectivity index (χ3v) is 3.88. The molecule has 1 aromatic heterocycles. The Balaban J connectivity index is 2.49. The van der Waals surface area contributed by atoms with Crippen molar-refractivity contribution in [3.63, 3.8) is 0 Å². The van der Waals surface area contributed by atoms with Gasteiger partial charge in [-0.15, -0.1) is 11.3 Å². The van der Waals surface area contributed by atoms with Gasteiger partial charge < -0.3 is 9.84 Å². The van der Waals surface area contributed by atoms with Gasteiger partial charge in [0.05, 0.1) is 17.9 Å². The minimum atomic E-state index is -0.842. The molecule has 0 fully saturated rings. The maximum atomic E-state index is 11.1. The lowest BCUT2D eigenvalue weighted by Crippen LogP contribution is -2.07. The molecule has 0 spiro atoms. The standard InChI is InChI=1S/C14H14O3S/c1-9(14(15)16)11-8-18-13(12(11)17-2)10-6-4-3-5-7-10/h3-9H,1-2H3,(H,15,16). The summed E-state index contributed by atoms with van der Waals surface area (Å²) in [5, 5.41) is 10.9. The average molecular weight is 262 g/mol. The Hall–Kier alpha value is -1.81. The summed E-state index contributed by atoms with van der Waals surface area (Å²) in [6, 6.07) is 9.83. The molecule has 2 rings (SSSR count). The minimum absolute atomic E-state index is 0.561. The summed E-state index contributed by atoms with van der Waals surface area (Å²) in [6.45, 7) is 1.67. The normalized spacial score (nSPS) is 12.1. The molecule has 1 aromatic carbocycles. The molecule has 0 aliphatic heterocycles. The van der Waals surface area contributed by atoms with Crippen LogP contribution in [0.2, 0.25) is 0 Å². The Kier molecular flexibility index (Phi) is 3.67. The van der Waals surface area contributed by atoms with Crippen LogP contribution in [0.5, 0.6) is 5.75 Å². The van der Waals surface area contributed by atoms with Gasteiger partial charge in [-0.05, 0) is 17.9 Å². The van der Waals surface area contributed by atoms with E-state index in [1.807, 2.05) is 35.7 Å². The molecular weight excluding hydrogens is 248 g/mol. The summed E-state index contributed by atoms with van der Waals surface area (Å²) < 4.78 is 5.39. The van der Waals surface area contributed by atoms with E-state index in [4.69, 9.17) is 9.84 Å². The van der Waals surface area contributed by atoms with Crippen LogP contribution in [0, 0.1) is 0 Å². The number of hydrogen-bond donors (Lipinski definition) is 1. The first kappa shape index (κ1) is 12.6. The Morgan fingerprint density at radius 3 is 2.56 bits per heavy atom. The zero-order chi connectivity index (χ0) is 13.1. The van der Waals surface area contributed by atoms with Gasteiger partial charge in [0.15, 0.2) is 0 Å². The Bertz CT molecular complexity index is 545. The number of thiophene rings is 1. The monoisotopic (exact) mass is 262 g/mol. The lowest BCUT2D eigenvalue weighted by molar-refractivity contribution is -0.138.